The number of esters is 1. The summed E-state index contributed by atoms with van der Waals surface area (Å²) in [6.45, 7) is 1.91. The Hall–Kier alpha value is -2.57. The molecule has 0 atom stereocenters. The fraction of sp³-hybridized carbons (Fsp3) is 0.474. The lowest BCUT2D eigenvalue weighted by Crippen LogP contribution is -2.41. The van der Waals surface area contributed by atoms with Crippen molar-refractivity contribution in [1.29, 1.82) is 0 Å². The number of nitrogens with one attached hydrogen (secondary N) is 2. The summed E-state index contributed by atoms with van der Waals surface area (Å²) in [7, 11) is 1.75. The SMILES string of the molecule is CCOC(=O)c1[nH]c2ccc(F)cc2c1NC(=O)N(C)C1CCCCC1. The maximum Gasteiger partial charge on any atom is 0.356 e. The quantitative estimate of drug-likeness (QED) is 0.798. The van der Waals surface area contributed by atoms with E-state index in [1.54, 1.807) is 18.9 Å². The van der Waals surface area contributed by atoms with Gasteiger partial charge < -0.3 is 19.9 Å². The Bertz CT molecular complexity index is 812. The van der Waals surface area contributed by atoms with Gasteiger partial charge in [-0.3, -0.25) is 0 Å². The second-order valence-electron chi connectivity index (χ2n) is 6.62. The van der Waals surface area contributed by atoms with Gasteiger partial charge in [0.1, 0.15) is 11.5 Å². The number of nitrogens with zero attached hydrogens (tertiary/aromatic N) is 1. The maximum atomic E-state index is 13.7. The number of ether oxygens (including phenoxy) is 1. The van der Waals surface area contributed by atoms with Gasteiger partial charge in [-0.25, -0.2) is 14.0 Å². The highest BCUT2D eigenvalue weighted by Crippen LogP contribution is 2.30. The normalized spacial score (nSPS) is 15.0. The molecule has 6 nitrogen and oxygen atoms in total. The van der Waals surface area contributed by atoms with Crippen LogP contribution in [0, 0.1) is 5.82 Å². The van der Waals surface area contributed by atoms with E-state index in [0.717, 1.165) is 25.7 Å². The van der Waals surface area contributed by atoms with Crippen LogP contribution in [0.1, 0.15) is 49.5 Å². The van der Waals surface area contributed by atoms with Gasteiger partial charge in [0.05, 0.1) is 12.3 Å². The molecule has 0 spiro atoms. The number of hydrogen-bond donors (Lipinski definition) is 2. The number of carbonyl (C=O) groups is 2. The lowest BCUT2D eigenvalue weighted by atomic mass is 9.95. The Morgan fingerprint density at radius 1 is 1.31 bits per heavy atom. The number of hydrogen-bond acceptors (Lipinski definition) is 3. The van der Waals surface area contributed by atoms with Crippen molar-refractivity contribution in [3.63, 3.8) is 0 Å². The van der Waals surface area contributed by atoms with Crippen molar-refractivity contribution in [1.82, 2.24) is 9.88 Å². The molecule has 3 rings (SSSR count). The number of halogens is 1. The van der Waals surface area contributed by atoms with E-state index in [2.05, 4.69) is 10.3 Å². The second-order valence-corrected chi connectivity index (χ2v) is 6.62. The Morgan fingerprint density at radius 2 is 2.04 bits per heavy atom. The molecule has 1 heterocycles. The molecular formula is C19H24FN3O3. The number of H-pyrrole nitrogens is 1. The Morgan fingerprint density at radius 3 is 2.73 bits per heavy atom. The van der Waals surface area contributed by atoms with Crippen LogP contribution < -0.4 is 5.32 Å². The van der Waals surface area contributed by atoms with Gasteiger partial charge in [-0.1, -0.05) is 19.3 Å². The Labute approximate surface area is 151 Å². The van der Waals surface area contributed by atoms with E-state index in [1.165, 1.54) is 24.6 Å². The predicted octanol–water partition coefficient (Wildman–Crippen LogP) is 4.28. The minimum absolute atomic E-state index is 0.123. The first kappa shape index (κ1) is 18.2. The second kappa shape index (κ2) is 7.76. The molecule has 0 aliphatic heterocycles. The first-order valence-corrected chi connectivity index (χ1v) is 9.03. The van der Waals surface area contributed by atoms with E-state index in [4.69, 9.17) is 4.74 Å². The van der Waals surface area contributed by atoms with Crippen LogP contribution in [-0.2, 0) is 4.74 Å². The molecule has 26 heavy (non-hydrogen) atoms. The fourth-order valence-corrected chi connectivity index (χ4v) is 3.48. The Balaban J connectivity index is 1.91. The molecule has 0 radical (unpaired) electrons. The smallest absolute Gasteiger partial charge is 0.356 e. The van der Waals surface area contributed by atoms with E-state index < -0.39 is 11.8 Å². The van der Waals surface area contributed by atoms with E-state index in [9.17, 15) is 14.0 Å². The number of rotatable bonds is 4. The van der Waals surface area contributed by atoms with Gasteiger partial charge in [0.25, 0.3) is 0 Å². The van der Waals surface area contributed by atoms with Crippen LogP contribution in [0.2, 0.25) is 0 Å². The molecular weight excluding hydrogens is 337 g/mol. The molecule has 1 saturated carbocycles. The van der Waals surface area contributed by atoms with Gasteiger partial charge in [0.2, 0.25) is 0 Å². The van der Waals surface area contributed by atoms with Crippen molar-refractivity contribution < 1.29 is 18.7 Å². The molecule has 2 N–H and O–H groups in total. The topological polar surface area (TPSA) is 74.4 Å². The largest absolute Gasteiger partial charge is 0.461 e. The molecule has 0 saturated heterocycles. The summed E-state index contributed by atoms with van der Waals surface area (Å²) in [5.74, 6) is -1.03. The molecule has 1 aliphatic rings. The van der Waals surface area contributed by atoms with Crippen molar-refractivity contribution in [3.8, 4) is 0 Å². The third-order valence-electron chi connectivity index (χ3n) is 4.91. The first-order valence-electron chi connectivity index (χ1n) is 9.03. The number of amides is 2. The summed E-state index contributed by atoms with van der Waals surface area (Å²) in [5, 5.41) is 3.23. The summed E-state index contributed by atoms with van der Waals surface area (Å²) >= 11 is 0. The molecule has 1 aliphatic carbocycles. The highest BCUT2D eigenvalue weighted by molar-refractivity contribution is 6.10. The van der Waals surface area contributed by atoms with Crippen LogP contribution in [0.3, 0.4) is 0 Å². The van der Waals surface area contributed by atoms with Crippen LogP contribution in [0.4, 0.5) is 14.9 Å². The standard InChI is InChI=1S/C19H24FN3O3/c1-3-26-18(24)17-16(14-11-12(20)9-10-15(14)21-17)22-19(25)23(2)13-7-5-4-6-8-13/h9-11,13,21H,3-8H2,1-2H3,(H,22,25). The van der Waals surface area contributed by atoms with Crippen molar-refractivity contribution >= 4 is 28.6 Å². The summed E-state index contributed by atoms with van der Waals surface area (Å²) in [4.78, 5) is 29.6. The molecule has 0 bridgehead atoms. The monoisotopic (exact) mass is 361 g/mol. The van der Waals surface area contributed by atoms with Crippen LogP contribution >= 0.6 is 0 Å². The van der Waals surface area contributed by atoms with Crippen molar-refractivity contribution in [2.45, 2.75) is 45.1 Å². The van der Waals surface area contributed by atoms with Crippen LogP contribution in [0.15, 0.2) is 18.2 Å². The third-order valence-corrected chi connectivity index (χ3v) is 4.91. The first-order chi connectivity index (χ1) is 12.5. The lowest BCUT2D eigenvalue weighted by Gasteiger charge is -2.31. The van der Waals surface area contributed by atoms with Gasteiger partial charge in [-0.15, -0.1) is 0 Å². The molecule has 140 valence electrons. The van der Waals surface area contributed by atoms with Gasteiger partial charge in [0.15, 0.2) is 0 Å². The molecule has 7 heteroatoms. The number of fused-ring (bicyclic) bond motifs is 1. The maximum absolute atomic E-state index is 13.7. The summed E-state index contributed by atoms with van der Waals surface area (Å²) in [5.41, 5.74) is 0.938. The zero-order chi connectivity index (χ0) is 18.7. The number of aromatic amines is 1. The molecule has 1 aromatic heterocycles. The van der Waals surface area contributed by atoms with E-state index >= 15 is 0 Å². The Kier molecular flexibility index (Phi) is 5.44. The molecule has 1 aromatic carbocycles. The van der Waals surface area contributed by atoms with Crippen LogP contribution in [0.25, 0.3) is 10.9 Å². The van der Waals surface area contributed by atoms with Gasteiger partial charge in [-0.05, 0) is 38.0 Å². The lowest BCUT2D eigenvalue weighted by molar-refractivity contribution is 0.0522. The number of carbonyl (C=O) groups excluding carboxylic acids is 2. The highest BCUT2D eigenvalue weighted by atomic mass is 19.1. The van der Waals surface area contributed by atoms with E-state index in [1.807, 2.05) is 0 Å². The van der Waals surface area contributed by atoms with Gasteiger partial charge >= 0.3 is 12.0 Å². The number of anilines is 1. The average molecular weight is 361 g/mol. The molecule has 0 unspecified atom stereocenters. The minimum atomic E-state index is -0.584. The molecule has 2 amide bonds. The minimum Gasteiger partial charge on any atom is -0.461 e. The van der Waals surface area contributed by atoms with Gasteiger partial charge in [-0.2, -0.15) is 0 Å². The summed E-state index contributed by atoms with van der Waals surface area (Å²) in [6, 6.07) is 4.00. The fourth-order valence-electron chi connectivity index (χ4n) is 3.48. The summed E-state index contributed by atoms with van der Waals surface area (Å²) < 4.78 is 18.8. The predicted molar refractivity (Wildman–Crippen MR) is 97.9 cm³/mol. The highest BCUT2D eigenvalue weighted by Gasteiger charge is 2.26. The number of aromatic nitrogens is 1. The van der Waals surface area contributed by atoms with E-state index in [0.29, 0.717) is 10.9 Å². The molecule has 1 fully saturated rings. The van der Waals surface area contributed by atoms with Crippen LogP contribution in [0.5, 0.6) is 0 Å². The number of benzene rings is 1. The van der Waals surface area contributed by atoms with E-state index in [-0.39, 0.29) is 30.1 Å². The average Bonchev–Trinajstić information content (AvgIpc) is 3.00. The zero-order valence-corrected chi connectivity index (χ0v) is 15.1. The number of urea groups is 1. The van der Waals surface area contributed by atoms with Crippen molar-refractivity contribution in [3.05, 3.63) is 29.7 Å². The van der Waals surface area contributed by atoms with Gasteiger partial charge in [0, 0.05) is 24.0 Å². The van der Waals surface area contributed by atoms with Crippen LogP contribution in [-0.4, -0.2) is 41.6 Å². The van der Waals surface area contributed by atoms with Crippen molar-refractivity contribution in [2.24, 2.45) is 0 Å². The zero-order valence-electron chi connectivity index (χ0n) is 15.1. The van der Waals surface area contributed by atoms with Crippen molar-refractivity contribution in [2.75, 3.05) is 19.0 Å². The summed E-state index contributed by atoms with van der Waals surface area (Å²) in [6.07, 6.45) is 5.35. The molecule has 2 aromatic rings. The third kappa shape index (κ3) is 3.66.